The fourth-order valence-electron chi connectivity index (χ4n) is 2.88. The predicted molar refractivity (Wildman–Crippen MR) is 108 cm³/mol. The van der Waals surface area contributed by atoms with Crippen LogP contribution >= 0.6 is 22.9 Å². The number of carbonyl (C=O) groups excluding carboxylic acids is 1. The lowest BCUT2D eigenvalue weighted by atomic mass is 10.1. The van der Waals surface area contributed by atoms with Crippen molar-refractivity contribution >= 4 is 28.8 Å². The Hall–Kier alpha value is -2.24. The number of furan rings is 1. The maximum Gasteiger partial charge on any atom is 0.264 e. The van der Waals surface area contributed by atoms with Gasteiger partial charge < -0.3 is 14.1 Å². The number of hydrogen-bond acceptors (Lipinski definition) is 4. The van der Waals surface area contributed by atoms with Crippen LogP contribution in [0.5, 0.6) is 5.75 Å². The minimum absolute atomic E-state index is 0.0925. The molecule has 1 amide bonds. The second-order valence-electron chi connectivity index (χ2n) is 6.48. The molecule has 0 fully saturated rings. The molecule has 1 unspecified atom stereocenters. The number of carbonyl (C=O) groups is 1. The number of ether oxygens (including phenoxy) is 1. The minimum Gasteiger partial charge on any atom is -0.481 e. The number of aryl methyl sites for hydroxylation is 2. The van der Waals surface area contributed by atoms with Gasteiger partial charge in [0.05, 0.1) is 19.4 Å². The summed E-state index contributed by atoms with van der Waals surface area (Å²) in [6, 6.07) is 11.4. The Labute approximate surface area is 168 Å². The van der Waals surface area contributed by atoms with E-state index >= 15 is 0 Å². The van der Waals surface area contributed by atoms with Crippen LogP contribution in [-0.2, 0) is 17.9 Å². The van der Waals surface area contributed by atoms with Crippen LogP contribution in [0.2, 0.25) is 5.02 Å². The summed E-state index contributed by atoms with van der Waals surface area (Å²) in [5, 5.41) is 2.72. The molecule has 1 aromatic carbocycles. The lowest BCUT2D eigenvalue weighted by Crippen LogP contribution is -2.39. The largest absolute Gasteiger partial charge is 0.481 e. The first-order valence-corrected chi connectivity index (χ1v) is 9.96. The first-order valence-electron chi connectivity index (χ1n) is 8.71. The lowest BCUT2D eigenvalue weighted by Gasteiger charge is -2.25. The normalized spacial score (nSPS) is 12.0. The summed E-state index contributed by atoms with van der Waals surface area (Å²) in [6.07, 6.45) is 0.988. The molecular weight excluding hydrogens is 382 g/mol. The van der Waals surface area contributed by atoms with Gasteiger partial charge in [-0.25, -0.2) is 0 Å². The molecule has 0 spiro atoms. The summed E-state index contributed by atoms with van der Waals surface area (Å²) >= 11 is 7.84. The highest BCUT2D eigenvalue weighted by Gasteiger charge is 2.24. The Morgan fingerprint density at radius 2 is 1.96 bits per heavy atom. The third kappa shape index (κ3) is 4.93. The topological polar surface area (TPSA) is 42.7 Å². The summed E-state index contributed by atoms with van der Waals surface area (Å²) < 4.78 is 11.4. The molecule has 3 aromatic rings. The highest BCUT2D eigenvalue weighted by Crippen LogP contribution is 2.27. The van der Waals surface area contributed by atoms with E-state index in [2.05, 4.69) is 0 Å². The number of benzene rings is 1. The van der Waals surface area contributed by atoms with Crippen LogP contribution in [0.1, 0.15) is 28.7 Å². The number of halogens is 1. The Morgan fingerprint density at radius 3 is 2.56 bits per heavy atom. The van der Waals surface area contributed by atoms with E-state index in [0.29, 0.717) is 18.8 Å². The zero-order valence-electron chi connectivity index (χ0n) is 15.6. The highest BCUT2D eigenvalue weighted by molar-refractivity contribution is 7.09. The molecule has 3 rings (SSSR count). The molecule has 2 heterocycles. The molecule has 0 N–H and O–H groups in total. The first kappa shape index (κ1) is 19.5. The van der Waals surface area contributed by atoms with Crippen LogP contribution in [-0.4, -0.2) is 16.9 Å². The second-order valence-corrected chi connectivity index (χ2v) is 7.89. The summed E-state index contributed by atoms with van der Waals surface area (Å²) in [6.45, 7) is 6.54. The molecule has 142 valence electrons. The van der Waals surface area contributed by atoms with Gasteiger partial charge in [-0.3, -0.25) is 4.79 Å². The molecule has 0 saturated heterocycles. The van der Waals surface area contributed by atoms with E-state index in [1.54, 1.807) is 29.4 Å². The molecule has 0 bridgehead atoms. The van der Waals surface area contributed by atoms with Crippen LogP contribution in [0.4, 0.5) is 0 Å². The van der Waals surface area contributed by atoms with E-state index < -0.39 is 6.10 Å². The maximum atomic E-state index is 13.1. The molecule has 6 heteroatoms. The van der Waals surface area contributed by atoms with Crippen LogP contribution in [0.15, 0.2) is 52.5 Å². The highest BCUT2D eigenvalue weighted by atomic mass is 35.5. The van der Waals surface area contributed by atoms with Gasteiger partial charge in [0.2, 0.25) is 0 Å². The van der Waals surface area contributed by atoms with E-state index in [1.165, 1.54) is 0 Å². The maximum absolute atomic E-state index is 13.1. The lowest BCUT2D eigenvalue weighted by molar-refractivity contribution is -0.139. The quantitative estimate of drug-likeness (QED) is 0.515. The van der Waals surface area contributed by atoms with Gasteiger partial charge in [-0.15, -0.1) is 11.3 Å². The molecule has 0 aliphatic carbocycles. The van der Waals surface area contributed by atoms with E-state index in [1.807, 2.05) is 55.6 Å². The number of thiophene rings is 1. The molecule has 0 aliphatic heterocycles. The molecule has 0 radical (unpaired) electrons. The zero-order chi connectivity index (χ0) is 19.4. The van der Waals surface area contributed by atoms with Crippen LogP contribution in [0.25, 0.3) is 0 Å². The number of nitrogens with zero attached hydrogens (tertiary/aromatic N) is 1. The smallest absolute Gasteiger partial charge is 0.264 e. The Balaban J connectivity index is 1.75. The molecule has 4 nitrogen and oxygen atoms in total. The van der Waals surface area contributed by atoms with Crippen molar-refractivity contribution in [3.05, 3.63) is 74.8 Å². The molecule has 1 atom stereocenters. The van der Waals surface area contributed by atoms with Crippen molar-refractivity contribution in [2.75, 3.05) is 0 Å². The number of amides is 1. The van der Waals surface area contributed by atoms with Gasteiger partial charge in [0.1, 0.15) is 11.5 Å². The van der Waals surface area contributed by atoms with Crippen molar-refractivity contribution in [3.63, 3.8) is 0 Å². The second kappa shape index (κ2) is 8.63. The Morgan fingerprint density at radius 1 is 1.22 bits per heavy atom. The van der Waals surface area contributed by atoms with E-state index in [4.69, 9.17) is 20.8 Å². The zero-order valence-corrected chi connectivity index (χ0v) is 17.1. The van der Waals surface area contributed by atoms with Gasteiger partial charge in [-0.1, -0.05) is 17.7 Å². The first-order chi connectivity index (χ1) is 12.9. The van der Waals surface area contributed by atoms with Gasteiger partial charge in [-0.05, 0) is 67.6 Å². The summed E-state index contributed by atoms with van der Waals surface area (Å²) in [7, 11) is 0. The van der Waals surface area contributed by atoms with Crippen molar-refractivity contribution in [3.8, 4) is 5.75 Å². The van der Waals surface area contributed by atoms with E-state index in [9.17, 15) is 4.79 Å². The predicted octanol–water partition coefficient (Wildman–Crippen LogP) is 5.61. The fraction of sp³-hybridized carbons (Fsp3) is 0.286. The SMILES string of the molecule is Cc1cc(OC(C)C(=O)N(Cc2ccco2)Cc2cccs2)cc(C)c1Cl. The molecular formula is C21H22ClNO3S. The average molecular weight is 404 g/mol. The van der Waals surface area contributed by atoms with Crippen LogP contribution in [0.3, 0.4) is 0 Å². The fourth-order valence-corrected chi connectivity index (χ4v) is 3.71. The minimum atomic E-state index is -0.625. The van der Waals surface area contributed by atoms with Gasteiger partial charge in [0.25, 0.3) is 5.91 Å². The molecule has 0 aliphatic rings. The number of rotatable bonds is 7. The summed E-state index contributed by atoms with van der Waals surface area (Å²) in [5.41, 5.74) is 1.86. The Bertz CT molecular complexity index is 831. The van der Waals surface area contributed by atoms with Gasteiger partial charge >= 0.3 is 0 Å². The van der Waals surface area contributed by atoms with Crippen LogP contribution in [0, 0.1) is 13.8 Å². The van der Waals surface area contributed by atoms with E-state index in [0.717, 1.165) is 26.8 Å². The third-order valence-electron chi connectivity index (χ3n) is 4.24. The Kier molecular flexibility index (Phi) is 6.24. The molecule has 27 heavy (non-hydrogen) atoms. The van der Waals surface area contributed by atoms with E-state index in [-0.39, 0.29) is 5.91 Å². The molecule has 2 aromatic heterocycles. The van der Waals surface area contributed by atoms with Crippen molar-refractivity contribution in [1.82, 2.24) is 4.90 Å². The number of hydrogen-bond donors (Lipinski definition) is 0. The van der Waals surface area contributed by atoms with Gasteiger partial charge in [0.15, 0.2) is 6.10 Å². The summed E-state index contributed by atoms with van der Waals surface area (Å²) in [4.78, 5) is 15.9. The van der Waals surface area contributed by atoms with Crippen molar-refractivity contribution in [2.24, 2.45) is 0 Å². The monoisotopic (exact) mass is 403 g/mol. The van der Waals surface area contributed by atoms with Crippen molar-refractivity contribution in [1.29, 1.82) is 0 Å². The van der Waals surface area contributed by atoms with Crippen LogP contribution < -0.4 is 4.74 Å². The van der Waals surface area contributed by atoms with Crippen molar-refractivity contribution in [2.45, 2.75) is 40.0 Å². The standard InChI is InChI=1S/C21H22ClNO3S/c1-14-10-18(11-15(2)20(14)22)26-16(3)21(24)23(12-17-6-4-8-25-17)13-19-7-5-9-27-19/h4-11,16H,12-13H2,1-3H3. The third-order valence-corrected chi connectivity index (χ3v) is 5.69. The van der Waals surface area contributed by atoms with Gasteiger partial charge in [0, 0.05) is 9.90 Å². The van der Waals surface area contributed by atoms with Crippen molar-refractivity contribution < 1.29 is 13.9 Å². The molecule has 0 saturated carbocycles. The van der Waals surface area contributed by atoms with Gasteiger partial charge in [-0.2, -0.15) is 0 Å². The summed E-state index contributed by atoms with van der Waals surface area (Å²) in [5.74, 6) is 1.29. The average Bonchev–Trinajstić information content (AvgIpc) is 3.32.